The van der Waals surface area contributed by atoms with Gasteiger partial charge in [-0.15, -0.1) is 0 Å². The molecule has 0 aromatic carbocycles. The highest BCUT2D eigenvalue weighted by atomic mass is 16.7. The summed E-state index contributed by atoms with van der Waals surface area (Å²) in [4.78, 5) is 121. The lowest BCUT2D eigenvalue weighted by Crippen LogP contribution is -2.48. The first-order valence-electron chi connectivity index (χ1n) is 29.5. The van der Waals surface area contributed by atoms with Gasteiger partial charge in [0.15, 0.2) is 6.29 Å². The molecule has 26 nitrogen and oxygen atoms in total. The van der Waals surface area contributed by atoms with Gasteiger partial charge in [0.25, 0.3) is 0 Å². The number of ether oxygens (including phenoxy) is 6. The van der Waals surface area contributed by atoms with Crippen molar-refractivity contribution in [2.75, 3.05) is 99.8 Å². The van der Waals surface area contributed by atoms with Crippen molar-refractivity contribution in [3.63, 3.8) is 0 Å². The fourth-order valence-corrected chi connectivity index (χ4v) is 8.84. The van der Waals surface area contributed by atoms with E-state index in [2.05, 4.69) is 37.2 Å². The summed E-state index contributed by atoms with van der Waals surface area (Å²) in [6, 6.07) is -2.61. The molecule has 0 aromatic heterocycles. The summed E-state index contributed by atoms with van der Waals surface area (Å²) < 4.78 is 31.2. The van der Waals surface area contributed by atoms with Crippen LogP contribution in [0.4, 0.5) is 0 Å². The number of unbranched alkanes of at least 4 members (excludes halogenated alkanes) is 15. The van der Waals surface area contributed by atoms with E-state index in [0.717, 1.165) is 38.5 Å². The zero-order valence-electron chi connectivity index (χ0n) is 48.8. The van der Waals surface area contributed by atoms with Gasteiger partial charge in [0, 0.05) is 65.5 Å². The summed E-state index contributed by atoms with van der Waals surface area (Å²) in [5.74, 6) is -6.52. The second-order valence-corrected chi connectivity index (χ2v) is 20.5. The minimum absolute atomic E-state index is 0.00199. The highest BCUT2D eigenvalue weighted by Crippen LogP contribution is 2.29. The van der Waals surface area contributed by atoms with Crippen molar-refractivity contribution in [3.05, 3.63) is 0 Å². The largest absolute Gasteiger partial charge is 0.481 e. The van der Waals surface area contributed by atoms with Gasteiger partial charge < -0.3 is 81.0 Å². The summed E-state index contributed by atoms with van der Waals surface area (Å²) in [7, 11) is 2.87. The fraction of sp³-hybridized carbons (Fsp3) is 0.821. The van der Waals surface area contributed by atoms with Gasteiger partial charge in [0.1, 0.15) is 25.3 Å². The van der Waals surface area contributed by atoms with Crippen molar-refractivity contribution < 1.29 is 91.7 Å². The van der Waals surface area contributed by atoms with Gasteiger partial charge in [0.2, 0.25) is 41.4 Å². The molecule has 7 amide bonds. The number of amides is 7. The highest BCUT2D eigenvalue weighted by molar-refractivity contribution is 5.89. The number of rotatable bonds is 54. The molecule has 1 saturated carbocycles. The number of carboxylic acids is 3. The van der Waals surface area contributed by atoms with Crippen molar-refractivity contribution in [3.8, 4) is 0 Å². The molecule has 2 atom stereocenters. The summed E-state index contributed by atoms with van der Waals surface area (Å²) in [5, 5.41) is 46.0. The van der Waals surface area contributed by atoms with E-state index in [1.807, 2.05) is 0 Å². The van der Waals surface area contributed by atoms with Gasteiger partial charge in [0.05, 0.1) is 52.7 Å². The van der Waals surface area contributed by atoms with E-state index in [0.29, 0.717) is 38.6 Å². The molecular formula is C56H99N7O19. The maximum atomic E-state index is 13.1. The van der Waals surface area contributed by atoms with Crippen LogP contribution in [0.1, 0.15) is 167 Å². The third kappa shape index (κ3) is 43.2. The smallest absolute Gasteiger partial charge is 0.326 e. The molecule has 0 saturated heterocycles. The Morgan fingerprint density at radius 1 is 0.439 bits per heavy atom. The molecule has 1 aliphatic rings. The minimum atomic E-state index is -1.37. The van der Waals surface area contributed by atoms with Crippen LogP contribution in [-0.2, 0) is 76.4 Å². The SMILES string of the molecule is COC(CNC(=O)CNC(=O)COCCOCCNC(=O)COCCOCCNC(=O)[C@H](CCC(=O)O)NC(=O)CC[C@H](NC(=O)C1CCC(CNC(=O)CCCCCCCCCCCCCCCCCCC(=O)O)CC1)C(=O)O)OC. The predicted molar refractivity (Wildman–Crippen MR) is 300 cm³/mol. The third-order valence-electron chi connectivity index (χ3n) is 13.7. The monoisotopic (exact) mass is 1170 g/mol. The molecule has 1 fully saturated rings. The zero-order chi connectivity index (χ0) is 60.4. The number of methoxy groups -OCH3 is 2. The Bertz CT molecular complexity index is 1820. The van der Waals surface area contributed by atoms with Crippen LogP contribution in [-0.4, -0.2) is 193 Å². The van der Waals surface area contributed by atoms with Crippen molar-refractivity contribution in [2.24, 2.45) is 11.8 Å². The molecule has 0 aliphatic heterocycles. The van der Waals surface area contributed by atoms with Crippen LogP contribution >= 0.6 is 0 Å². The average Bonchev–Trinajstić information content (AvgIpc) is 3.45. The van der Waals surface area contributed by atoms with Crippen LogP contribution in [0.5, 0.6) is 0 Å². The van der Waals surface area contributed by atoms with E-state index in [4.69, 9.17) is 33.5 Å². The topological polar surface area (TPSA) is 371 Å². The Kier molecular flexibility index (Phi) is 45.4. The maximum Gasteiger partial charge on any atom is 0.326 e. The number of aliphatic carboxylic acids is 3. The first-order valence-corrected chi connectivity index (χ1v) is 29.5. The molecule has 0 aromatic rings. The van der Waals surface area contributed by atoms with Gasteiger partial charge in [-0.05, 0) is 57.3 Å². The van der Waals surface area contributed by atoms with E-state index in [9.17, 15) is 58.2 Å². The molecule has 10 N–H and O–H groups in total. The summed E-state index contributed by atoms with van der Waals surface area (Å²) in [5.41, 5.74) is 0. The second-order valence-electron chi connectivity index (χ2n) is 20.5. The first-order chi connectivity index (χ1) is 39.5. The van der Waals surface area contributed by atoms with Gasteiger partial charge in [-0.25, -0.2) is 4.79 Å². The predicted octanol–water partition coefficient (Wildman–Crippen LogP) is 2.86. The van der Waals surface area contributed by atoms with E-state index in [1.165, 1.54) is 78.4 Å². The molecule has 1 aliphatic carbocycles. The first kappa shape index (κ1) is 74.5. The number of nitrogens with one attached hydrogen (secondary N) is 7. The van der Waals surface area contributed by atoms with Crippen LogP contribution < -0.4 is 37.2 Å². The Morgan fingerprint density at radius 2 is 0.915 bits per heavy atom. The Balaban J connectivity index is 2.18. The Morgan fingerprint density at radius 3 is 1.43 bits per heavy atom. The second kappa shape index (κ2) is 50.0. The quantitative estimate of drug-likeness (QED) is 0.0309. The van der Waals surface area contributed by atoms with Gasteiger partial charge >= 0.3 is 17.9 Å². The van der Waals surface area contributed by atoms with Crippen molar-refractivity contribution in [1.82, 2.24) is 37.2 Å². The lowest BCUT2D eigenvalue weighted by atomic mass is 9.81. The number of hydrogen-bond donors (Lipinski definition) is 10. The Labute approximate surface area is 483 Å². The molecular weight excluding hydrogens is 1070 g/mol. The lowest BCUT2D eigenvalue weighted by Gasteiger charge is -2.28. The average molecular weight is 1170 g/mol. The summed E-state index contributed by atoms with van der Waals surface area (Å²) >= 11 is 0. The Hall–Kier alpha value is -5.54. The normalized spacial score (nSPS) is 14.7. The van der Waals surface area contributed by atoms with Gasteiger partial charge in [-0.2, -0.15) is 0 Å². The molecule has 1 rings (SSSR count). The molecule has 0 heterocycles. The highest BCUT2D eigenvalue weighted by Gasteiger charge is 2.30. The van der Waals surface area contributed by atoms with E-state index in [-0.39, 0.29) is 117 Å². The van der Waals surface area contributed by atoms with E-state index >= 15 is 0 Å². The maximum absolute atomic E-state index is 13.1. The van der Waals surface area contributed by atoms with Crippen molar-refractivity contribution in [1.29, 1.82) is 0 Å². The van der Waals surface area contributed by atoms with Gasteiger partial charge in [-0.1, -0.05) is 89.9 Å². The van der Waals surface area contributed by atoms with Crippen molar-refractivity contribution >= 4 is 59.3 Å². The molecule has 0 unspecified atom stereocenters. The number of carbonyl (C=O) groups is 10. The van der Waals surface area contributed by atoms with Crippen molar-refractivity contribution in [2.45, 2.75) is 185 Å². The van der Waals surface area contributed by atoms with Crippen LogP contribution in [0, 0.1) is 11.8 Å². The standard InChI is InChI=1S/C56H99N7O19/c1-77-53(78-2)39-61-48(66)38-60-50(68)41-82-36-33-79-31-29-57-49(67)40-81-35-34-80-32-30-58-55(74)44(26-28-52(71)72)62-47(65)27-25-45(56(75)76)63-54(73)43-23-21-42(22-24-43)37-59-46(64)19-17-15-13-11-9-7-5-3-4-6-8-10-12-14-16-18-20-51(69)70/h42-45,53H,3-41H2,1-2H3,(H,57,67)(H,58,74)(H,59,64)(H,60,68)(H,61,66)(H,62,65)(H,63,73)(H,69,70)(H,71,72)(H,75,76)/t42?,43?,44-,45-/m0/s1. The van der Waals surface area contributed by atoms with Gasteiger partial charge in [-0.3, -0.25) is 43.2 Å². The lowest BCUT2D eigenvalue weighted by molar-refractivity contribution is -0.143. The van der Waals surface area contributed by atoms with Crippen LogP contribution in [0.15, 0.2) is 0 Å². The van der Waals surface area contributed by atoms with E-state index in [1.54, 1.807) is 0 Å². The molecule has 472 valence electrons. The summed E-state index contributed by atoms with van der Waals surface area (Å²) in [6.45, 7) is 0.681. The molecule has 0 bridgehead atoms. The van der Waals surface area contributed by atoms with E-state index < -0.39 is 84.1 Å². The zero-order valence-corrected chi connectivity index (χ0v) is 48.8. The van der Waals surface area contributed by atoms with Crippen LogP contribution in [0.3, 0.4) is 0 Å². The molecule has 26 heteroatoms. The third-order valence-corrected chi connectivity index (χ3v) is 13.7. The molecule has 82 heavy (non-hydrogen) atoms. The number of carbonyl (C=O) groups excluding carboxylic acids is 7. The fourth-order valence-electron chi connectivity index (χ4n) is 8.84. The van der Waals surface area contributed by atoms with Crippen LogP contribution in [0.25, 0.3) is 0 Å². The van der Waals surface area contributed by atoms with Crippen LogP contribution in [0.2, 0.25) is 0 Å². The minimum Gasteiger partial charge on any atom is -0.481 e. The number of carboxylic acid groups (broad SMARTS) is 3. The molecule has 0 spiro atoms. The summed E-state index contributed by atoms with van der Waals surface area (Å²) in [6.07, 6.45) is 19.7. The molecule has 0 radical (unpaired) electrons. The number of hydrogen-bond acceptors (Lipinski definition) is 16.